The first-order chi connectivity index (χ1) is 11.1. The summed E-state index contributed by atoms with van der Waals surface area (Å²) in [7, 11) is 0. The zero-order valence-corrected chi connectivity index (χ0v) is 14.3. The second kappa shape index (κ2) is 6.70. The summed E-state index contributed by atoms with van der Waals surface area (Å²) in [6.07, 6.45) is 3.22. The lowest BCUT2D eigenvalue weighted by Gasteiger charge is -2.04. The molecule has 2 aromatic heterocycles. The molecule has 0 aliphatic heterocycles. The van der Waals surface area contributed by atoms with E-state index in [1.54, 1.807) is 17.0 Å². The van der Waals surface area contributed by atoms with Gasteiger partial charge in [-0.15, -0.1) is 0 Å². The number of nitrogens with zero attached hydrogens (tertiary/aromatic N) is 5. The van der Waals surface area contributed by atoms with E-state index in [0.717, 1.165) is 21.4 Å². The number of anilines is 1. The van der Waals surface area contributed by atoms with Crippen LogP contribution in [0.5, 0.6) is 0 Å². The molecule has 0 spiro atoms. The lowest BCUT2D eigenvalue weighted by Crippen LogP contribution is -2.04. The topological polar surface area (TPSA) is 68.0 Å². The number of rotatable bonds is 4. The molecule has 0 radical (unpaired) electrons. The van der Waals surface area contributed by atoms with Crippen LogP contribution in [0.3, 0.4) is 0 Å². The Hall–Kier alpha value is -2.54. The van der Waals surface area contributed by atoms with Gasteiger partial charge in [0.2, 0.25) is 0 Å². The van der Waals surface area contributed by atoms with E-state index in [4.69, 9.17) is 0 Å². The summed E-state index contributed by atoms with van der Waals surface area (Å²) in [5.74, 6) is 1.31. The van der Waals surface area contributed by atoms with Gasteiger partial charge < -0.3 is 0 Å². The standard InChI is InChI=1S/C16H15BrN6/c1-11-7-12(2)23(22-11)16-8-15(18-10-19-16)21-20-9-13-3-5-14(17)6-4-13/h3-10H,1-2H3,(H,18,19,21). The Morgan fingerprint density at radius 2 is 1.91 bits per heavy atom. The molecule has 0 fully saturated rings. The molecule has 23 heavy (non-hydrogen) atoms. The molecule has 3 rings (SSSR count). The average molecular weight is 371 g/mol. The molecule has 1 N–H and O–H groups in total. The molecule has 116 valence electrons. The molecule has 0 atom stereocenters. The molecule has 7 heteroatoms. The van der Waals surface area contributed by atoms with Crippen molar-refractivity contribution in [1.82, 2.24) is 19.7 Å². The summed E-state index contributed by atoms with van der Waals surface area (Å²) in [4.78, 5) is 8.41. The van der Waals surface area contributed by atoms with E-state index < -0.39 is 0 Å². The number of hydrogen-bond acceptors (Lipinski definition) is 5. The third-order valence-corrected chi connectivity index (χ3v) is 3.67. The number of aromatic nitrogens is 4. The molecule has 0 aliphatic carbocycles. The number of aryl methyl sites for hydroxylation is 2. The molecule has 0 saturated heterocycles. The molecule has 0 amide bonds. The van der Waals surface area contributed by atoms with Gasteiger partial charge in [0.1, 0.15) is 6.33 Å². The van der Waals surface area contributed by atoms with Crippen molar-refractivity contribution in [1.29, 1.82) is 0 Å². The molecule has 3 aromatic rings. The van der Waals surface area contributed by atoms with Gasteiger partial charge >= 0.3 is 0 Å². The second-order valence-electron chi connectivity index (χ2n) is 5.02. The van der Waals surface area contributed by atoms with Crippen LogP contribution in [0.15, 0.2) is 52.3 Å². The SMILES string of the molecule is Cc1cc(C)n(-c2cc(NN=Cc3ccc(Br)cc3)ncn2)n1. The third-order valence-electron chi connectivity index (χ3n) is 3.14. The number of hydrazone groups is 1. The first kappa shape index (κ1) is 15.4. The molecule has 1 aromatic carbocycles. The first-order valence-corrected chi connectivity index (χ1v) is 7.81. The van der Waals surface area contributed by atoms with Gasteiger partial charge in [0.25, 0.3) is 0 Å². The number of hydrogen-bond donors (Lipinski definition) is 1. The van der Waals surface area contributed by atoms with Gasteiger partial charge in [0.05, 0.1) is 11.9 Å². The van der Waals surface area contributed by atoms with Gasteiger partial charge in [-0.3, -0.25) is 5.43 Å². The Labute approximate surface area is 142 Å². The van der Waals surface area contributed by atoms with Gasteiger partial charge in [0, 0.05) is 16.2 Å². The van der Waals surface area contributed by atoms with Crippen LogP contribution >= 0.6 is 15.9 Å². The maximum Gasteiger partial charge on any atom is 0.159 e. The highest BCUT2D eigenvalue weighted by Gasteiger charge is 2.06. The summed E-state index contributed by atoms with van der Waals surface area (Å²) < 4.78 is 2.81. The zero-order valence-electron chi connectivity index (χ0n) is 12.7. The zero-order chi connectivity index (χ0) is 16.2. The van der Waals surface area contributed by atoms with E-state index in [-0.39, 0.29) is 0 Å². The fourth-order valence-electron chi connectivity index (χ4n) is 2.11. The molecule has 0 bridgehead atoms. The summed E-state index contributed by atoms with van der Waals surface area (Å²) in [5.41, 5.74) is 5.87. The second-order valence-corrected chi connectivity index (χ2v) is 5.94. The number of nitrogens with one attached hydrogen (secondary N) is 1. The van der Waals surface area contributed by atoms with Crippen molar-refractivity contribution in [3.63, 3.8) is 0 Å². The summed E-state index contributed by atoms with van der Waals surface area (Å²) >= 11 is 3.40. The predicted octanol–water partition coefficient (Wildman–Crippen LogP) is 3.49. The highest BCUT2D eigenvalue weighted by molar-refractivity contribution is 9.10. The Kier molecular flexibility index (Phi) is 4.47. The minimum atomic E-state index is 0.607. The minimum Gasteiger partial charge on any atom is -0.261 e. The first-order valence-electron chi connectivity index (χ1n) is 7.02. The Morgan fingerprint density at radius 3 is 2.61 bits per heavy atom. The largest absolute Gasteiger partial charge is 0.261 e. The van der Waals surface area contributed by atoms with E-state index in [1.165, 1.54) is 6.33 Å². The Bertz CT molecular complexity index is 838. The highest BCUT2D eigenvalue weighted by Crippen LogP contribution is 2.12. The fraction of sp³-hybridized carbons (Fsp3) is 0.125. The van der Waals surface area contributed by atoms with E-state index in [1.807, 2.05) is 44.2 Å². The van der Waals surface area contributed by atoms with Crippen LogP contribution in [0, 0.1) is 13.8 Å². The van der Waals surface area contributed by atoms with Crippen molar-refractivity contribution in [3.05, 3.63) is 64.1 Å². The van der Waals surface area contributed by atoms with Crippen LogP contribution in [0.1, 0.15) is 17.0 Å². The molecule has 2 heterocycles. The van der Waals surface area contributed by atoms with Crippen molar-refractivity contribution in [3.8, 4) is 5.82 Å². The molecular weight excluding hydrogens is 356 g/mol. The fourth-order valence-corrected chi connectivity index (χ4v) is 2.37. The van der Waals surface area contributed by atoms with Crippen LogP contribution in [-0.2, 0) is 0 Å². The molecule has 0 saturated carbocycles. The smallest absolute Gasteiger partial charge is 0.159 e. The van der Waals surface area contributed by atoms with E-state index in [2.05, 4.69) is 41.5 Å². The Morgan fingerprint density at radius 1 is 1.13 bits per heavy atom. The van der Waals surface area contributed by atoms with Crippen molar-refractivity contribution < 1.29 is 0 Å². The molecular formula is C16H15BrN6. The van der Waals surface area contributed by atoms with Gasteiger partial charge in [0.15, 0.2) is 11.6 Å². The van der Waals surface area contributed by atoms with Crippen molar-refractivity contribution in [2.75, 3.05) is 5.43 Å². The Balaban J connectivity index is 1.75. The van der Waals surface area contributed by atoms with Crippen LogP contribution in [0.25, 0.3) is 5.82 Å². The summed E-state index contributed by atoms with van der Waals surface area (Å²) in [6, 6.07) is 11.7. The lowest BCUT2D eigenvalue weighted by atomic mass is 10.2. The summed E-state index contributed by atoms with van der Waals surface area (Å²) in [5, 5.41) is 8.61. The van der Waals surface area contributed by atoms with Gasteiger partial charge in [-0.25, -0.2) is 14.6 Å². The van der Waals surface area contributed by atoms with Crippen molar-refractivity contribution >= 4 is 28.0 Å². The maximum atomic E-state index is 4.41. The lowest BCUT2D eigenvalue weighted by molar-refractivity contribution is 0.801. The van der Waals surface area contributed by atoms with Crippen LogP contribution in [0.2, 0.25) is 0 Å². The predicted molar refractivity (Wildman–Crippen MR) is 94.0 cm³/mol. The van der Waals surface area contributed by atoms with Gasteiger partial charge in [-0.1, -0.05) is 28.1 Å². The van der Waals surface area contributed by atoms with Gasteiger partial charge in [-0.2, -0.15) is 10.2 Å². The normalized spacial score (nSPS) is 11.1. The maximum absolute atomic E-state index is 4.41. The van der Waals surface area contributed by atoms with E-state index >= 15 is 0 Å². The van der Waals surface area contributed by atoms with Crippen molar-refractivity contribution in [2.45, 2.75) is 13.8 Å². The molecule has 0 unspecified atom stereocenters. The highest BCUT2D eigenvalue weighted by atomic mass is 79.9. The van der Waals surface area contributed by atoms with Crippen molar-refractivity contribution in [2.24, 2.45) is 5.10 Å². The van der Waals surface area contributed by atoms with Gasteiger partial charge in [-0.05, 0) is 37.6 Å². The van der Waals surface area contributed by atoms with Crippen LogP contribution < -0.4 is 5.43 Å². The van der Waals surface area contributed by atoms with E-state index in [0.29, 0.717) is 11.6 Å². The molecule has 0 aliphatic rings. The quantitative estimate of drug-likeness (QED) is 0.563. The number of halogens is 1. The minimum absolute atomic E-state index is 0.607. The third kappa shape index (κ3) is 3.81. The van der Waals surface area contributed by atoms with Crippen LogP contribution in [0.4, 0.5) is 5.82 Å². The van der Waals surface area contributed by atoms with Crippen LogP contribution in [-0.4, -0.2) is 26.0 Å². The summed E-state index contributed by atoms with van der Waals surface area (Å²) in [6.45, 7) is 3.94. The monoisotopic (exact) mass is 370 g/mol. The number of benzene rings is 1. The average Bonchev–Trinajstić information content (AvgIpc) is 2.88. The van der Waals surface area contributed by atoms with E-state index in [9.17, 15) is 0 Å². The molecule has 6 nitrogen and oxygen atoms in total.